The molecule has 1 heterocycles. The van der Waals surface area contributed by atoms with E-state index in [0.29, 0.717) is 5.56 Å². The van der Waals surface area contributed by atoms with Crippen molar-refractivity contribution < 1.29 is 13.2 Å². The maximum atomic E-state index is 12.5. The van der Waals surface area contributed by atoms with Crippen molar-refractivity contribution in [2.45, 2.75) is 18.7 Å². The van der Waals surface area contributed by atoms with E-state index in [9.17, 15) is 13.2 Å². The van der Waals surface area contributed by atoms with Gasteiger partial charge in [0.2, 0.25) is 0 Å². The number of aryl methyl sites for hydroxylation is 1. The molecule has 0 radical (unpaired) electrons. The molecule has 1 aromatic heterocycles. The van der Waals surface area contributed by atoms with E-state index in [-0.39, 0.29) is 16.5 Å². The van der Waals surface area contributed by atoms with Gasteiger partial charge in [0, 0.05) is 18.8 Å². The number of nitrogens with zero attached hydrogens (tertiary/aromatic N) is 2. The molecule has 21 heavy (non-hydrogen) atoms. The standard InChI is InChI=1S/C15H16N2O3S/c1-11-4-7-14(8-5-11)21(19,20)17(3)15-9-6-13(10-16-15)12(2)18/h4-10H,1-3H3. The zero-order valence-corrected chi connectivity index (χ0v) is 12.9. The first-order chi connectivity index (χ1) is 9.82. The van der Waals surface area contributed by atoms with Crippen LogP contribution in [0, 0.1) is 6.92 Å². The average molecular weight is 304 g/mol. The highest BCUT2D eigenvalue weighted by molar-refractivity contribution is 7.92. The average Bonchev–Trinajstić information content (AvgIpc) is 2.47. The van der Waals surface area contributed by atoms with Crippen LogP contribution in [0.15, 0.2) is 47.5 Å². The Balaban J connectivity index is 2.35. The van der Waals surface area contributed by atoms with E-state index in [1.807, 2.05) is 6.92 Å². The quantitative estimate of drug-likeness (QED) is 0.814. The summed E-state index contributed by atoms with van der Waals surface area (Å²) >= 11 is 0. The summed E-state index contributed by atoms with van der Waals surface area (Å²) in [5.41, 5.74) is 1.43. The Morgan fingerprint density at radius 3 is 2.19 bits per heavy atom. The molecule has 0 amide bonds. The highest BCUT2D eigenvalue weighted by Crippen LogP contribution is 2.20. The third kappa shape index (κ3) is 3.11. The molecule has 6 heteroatoms. The number of ketones is 1. The van der Waals surface area contributed by atoms with Crippen LogP contribution in [0.3, 0.4) is 0 Å². The maximum absolute atomic E-state index is 12.5. The third-order valence-corrected chi connectivity index (χ3v) is 4.93. The lowest BCUT2D eigenvalue weighted by atomic mass is 10.2. The summed E-state index contributed by atoms with van der Waals surface area (Å²) in [5.74, 6) is 0.152. The number of hydrogen-bond donors (Lipinski definition) is 0. The zero-order valence-electron chi connectivity index (χ0n) is 12.1. The minimum atomic E-state index is -3.66. The fraction of sp³-hybridized carbons (Fsp3) is 0.200. The summed E-state index contributed by atoms with van der Waals surface area (Å²) in [7, 11) is -2.22. The summed E-state index contributed by atoms with van der Waals surface area (Å²) in [4.78, 5) is 15.4. The molecule has 1 aromatic carbocycles. The minimum absolute atomic E-state index is 0.113. The fourth-order valence-electron chi connectivity index (χ4n) is 1.77. The van der Waals surface area contributed by atoms with E-state index in [2.05, 4.69) is 4.98 Å². The van der Waals surface area contributed by atoms with Crippen LogP contribution in [0.4, 0.5) is 5.82 Å². The Morgan fingerprint density at radius 2 is 1.71 bits per heavy atom. The van der Waals surface area contributed by atoms with Crippen molar-refractivity contribution in [3.8, 4) is 0 Å². The minimum Gasteiger partial charge on any atom is -0.294 e. The number of rotatable bonds is 4. The van der Waals surface area contributed by atoms with Crippen LogP contribution in [0.2, 0.25) is 0 Å². The number of anilines is 1. The molecule has 0 saturated carbocycles. The van der Waals surface area contributed by atoms with Crippen molar-refractivity contribution in [2.75, 3.05) is 11.4 Å². The number of sulfonamides is 1. The Kier molecular flexibility index (Phi) is 4.09. The molecule has 0 aliphatic heterocycles. The van der Waals surface area contributed by atoms with Crippen LogP contribution < -0.4 is 4.31 Å². The van der Waals surface area contributed by atoms with E-state index in [4.69, 9.17) is 0 Å². The fourth-order valence-corrected chi connectivity index (χ4v) is 2.92. The lowest BCUT2D eigenvalue weighted by Gasteiger charge is -2.18. The van der Waals surface area contributed by atoms with Gasteiger partial charge in [-0.3, -0.25) is 9.10 Å². The number of aromatic nitrogens is 1. The predicted octanol–water partition coefficient (Wildman–Crippen LogP) is 2.42. The smallest absolute Gasteiger partial charge is 0.265 e. The van der Waals surface area contributed by atoms with Gasteiger partial charge in [-0.05, 0) is 38.1 Å². The molecule has 0 fully saturated rings. The second-order valence-corrected chi connectivity index (χ2v) is 6.72. The van der Waals surface area contributed by atoms with Gasteiger partial charge >= 0.3 is 0 Å². The van der Waals surface area contributed by atoms with Crippen molar-refractivity contribution in [1.29, 1.82) is 0 Å². The molecule has 0 aliphatic rings. The molecular weight excluding hydrogens is 288 g/mol. The molecule has 0 atom stereocenters. The topological polar surface area (TPSA) is 67.3 Å². The SMILES string of the molecule is CC(=O)c1ccc(N(C)S(=O)(=O)c2ccc(C)cc2)nc1. The van der Waals surface area contributed by atoms with Gasteiger partial charge < -0.3 is 0 Å². The van der Waals surface area contributed by atoms with Crippen LogP contribution in [-0.2, 0) is 10.0 Å². The lowest BCUT2D eigenvalue weighted by Crippen LogP contribution is -2.27. The van der Waals surface area contributed by atoms with Crippen LogP contribution >= 0.6 is 0 Å². The van der Waals surface area contributed by atoms with Crippen molar-refractivity contribution >= 4 is 21.6 Å². The van der Waals surface area contributed by atoms with Gasteiger partial charge in [-0.1, -0.05) is 17.7 Å². The largest absolute Gasteiger partial charge is 0.294 e. The summed E-state index contributed by atoms with van der Waals surface area (Å²) in [6.07, 6.45) is 1.37. The predicted molar refractivity (Wildman–Crippen MR) is 81.0 cm³/mol. The highest BCUT2D eigenvalue weighted by atomic mass is 32.2. The van der Waals surface area contributed by atoms with Crippen LogP contribution in [0.25, 0.3) is 0 Å². The Bertz CT molecular complexity index is 751. The number of carbonyl (C=O) groups is 1. The van der Waals surface area contributed by atoms with Gasteiger partial charge in [0.05, 0.1) is 4.90 Å². The molecule has 110 valence electrons. The molecule has 0 saturated heterocycles. The highest BCUT2D eigenvalue weighted by Gasteiger charge is 2.22. The Hall–Kier alpha value is -2.21. The van der Waals surface area contributed by atoms with E-state index < -0.39 is 10.0 Å². The van der Waals surface area contributed by atoms with Gasteiger partial charge in [-0.15, -0.1) is 0 Å². The number of carbonyl (C=O) groups excluding carboxylic acids is 1. The van der Waals surface area contributed by atoms with Crippen molar-refractivity contribution in [1.82, 2.24) is 4.98 Å². The number of Topliss-reactive ketones (excluding diaryl/α,β-unsaturated/α-hetero) is 1. The summed E-state index contributed by atoms with van der Waals surface area (Å²) in [6, 6.07) is 9.69. The molecule has 2 aromatic rings. The second kappa shape index (κ2) is 5.65. The van der Waals surface area contributed by atoms with Gasteiger partial charge in [0.25, 0.3) is 10.0 Å². The first-order valence-corrected chi connectivity index (χ1v) is 7.79. The number of hydrogen-bond acceptors (Lipinski definition) is 4. The maximum Gasteiger partial charge on any atom is 0.265 e. The molecule has 0 spiro atoms. The molecule has 5 nitrogen and oxygen atoms in total. The number of benzene rings is 1. The van der Waals surface area contributed by atoms with Crippen molar-refractivity contribution in [2.24, 2.45) is 0 Å². The van der Waals surface area contributed by atoms with E-state index in [0.717, 1.165) is 9.87 Å². The van der Waals surface area contributed by atoms with Gasteiger partial charge in [-0.25, -0.2) is 13.4 Å². The Labute approximate surface area is 124 Å². The van der Waals surface area contributed by atoms with E-state index >= 15 is 0 Å². The lowest BCUT2D eigenvalue weighted by molar-refractivity contribution is 0.101. The first kappa shape index (κ1) is 15.2. The monoisotopic (exact) mass is 304 g/mol. The summed E-state index contributed by atoms with van der Waals surface area (Å²) < 4.78 is 26.1. The second-order valence-electron chi connectivity index (χ2n) is 4.75. The number of pyridine rings is 1. The van der Waals surface area contributed by atoms with Gasteiger partial charge in [0.1, 0.15) is 5.82 Å². The third-order valence-electron chi connectivity index (χ3n) is 3.16. The van der Waals surface area contributed by atoms with Gasteiger partial charge in [-0.2, -0.15) is 0 Å². The van der Waals surface area contributed by atoms with Crippen molar-refractivity contribution in [3.05, 3.63) is 53.7 Å². The van der Waals surface area contributed by atoms with Crippen LogP contribution in [0.1, 0.15) is 22.8 Å². The first-order valence-electron chi connectivity index (χ1n) is 6.35. The molecule has 0 N–H and O–H groups in total. The molecular formula is C15H16N2O3S. The van der Waals surface area contributed by atoms with E-state index in [1.165, 1.54) is 26.2 Å². The van der Waals surface area contributed by atoms with Crippen LogP contribution in [0.5, 0.6) is 0 Å². The van der Waals surface area contributed by atoms with Gasteiger partial charge in [0.15, 0.2) is 5.78 Å². The summed E-state index contributed by atoms with van der Waals surface area (Å²) in [5, 5.41) is 0. The van der Waals surface area contributed by atoms with E-state index in [1.54, 1.807) is 30.3 Å². The Morgan fingerprint density at radius 1 is 1.10 bits per heavy atom. The zero-order chi connectivity index (χ0) is 15.6. The molecule has 0 aliphatic carbocycles. The normalized spacial score (nSPS) is 11.2. The van der Waals surface area contributed by atoms with Crippen molar-refractivity contribution in [3.63, 3.8) is 0 Å². The summed E-state index contributed by atoms with van der Waals surface area (Å²) in [6.45, 7) is 3.32. The molecule has 0 unspecified atom stereocenters. The molecule has 2 rings (SSSR count). The van der Waals surface area contributed by atoms with Crippen LogP contribution in [-0.4, -0.2) is 26.2 Å². The molecule has 0 bridgehead atoms.